The summed E-state index contributed by atoms with van der Waals surface area (Å²) in [4.78, 5) is 6.76. The van der Waals surface area contributed by atoms with Crippen molar-refractivity contribution in [1.29, 1.82) is 0 Å². The number of halogens is 1. The average Bonchev–Trinajstić information content (AvgIpc) is 3.22. The molecule has 1 aliphatic heterocycles. The Bertz CT molecular complexity index is 754. The number of nitrogens with one attached hydrogen (secondary N) is 2. The molecule has 6 nitrogen and oxygen atoms in total. The van der Waals surface area contributed by atoms with Crippen LogP contribution in [0.1, 0.15) is 23.4 Å². The van der Waals surface area contributed by atoms with Crippen LogP contribution >= 0.6 is 15.9 Å². The molecule has 1 saturated heterocycles. The Morgan fingerprint density at radius 3 is 2.88 bits per heavy atom. The van der Waals surface area contributed by atoms with Crippen molar-refractivity contribution < 1.29 is 4.52 Å². The van der Waals surface area contributed by atoms with Crippen LogP contribution < -0.4 is 15.5 Å². The van der Waals surface area contributed by atoms with E-state index in [1.807, 2.05) is 27.0 Å². The van der Waals surface area contributed by atoms with E-state index in [0.29, 0.717) is 6.04 Å². The van der Waals surface area contributed by atoms with Crippen LogP contribution in [0.5, 0.6) is 0 Å². The SMILES string of the molecule is CN=C(NCCc1c(C)noc1C)NC1CCN(c2ccccc2Br)C1. The summed E-state index contributed by atoms with van der Waals surface area (Å²) in [6.07, 6.45) is 1.96. The molecule has 0 amide bonds. The first-order valence-corrected chi connectivity index (χ1v) is 9.76. The fraction of sp³-hybridized carbons (Fsp3) is 0.474. The largest absolute Gasteiger partial charge is 0.368 e. The lowest BCUT2D eigenvalue weighted by Gasteiger charge is -2.21. The molecule has 0 aliphatic carbocycles. The predicted molar refractivity (Wildman–Crippen MR) is 109 cm³/mol. The van der Waals surface area contributed by atoms with Gasteiger partial charge in [0, 0.05) is 42.8 Å². The Balaban J connectivity index is 1.49. The molecule has 0 saturated carbocycles. The number of para-hydroxylation sites is 1. The van der Waals surface area contributed by atoms with E-state index in [1.165, 1.54) is 11.3 Å². The summed E-state index contributed by atoms with van der Waals surface area (Å²) in [5.41, 5.74) is 3.39. The van der Waals surface area contributed by atoms with E-state index in [4.69, 9.17) is 4.52 Å². The van der Waals surface area contributed by atoms with Crippen molar-refractivity contribution >= 4 is 27.6 Å². The Hall–Kier alpha value is -2.02. The Morgan fingerprint density at radius 1 is 1.38 bits per heavy atom. The van der Waals surface area contributed by atoms with Gasteiger partial charge in [0.05, 0.1) is 11.4 Å². The lowest BCUT2D eigenvalue weighted by molar-refractivity contribution is 0.392. The number of aromatic nitrogens is 1. The number of benzene rings is 1. The smallest absolute Gasteiger partial charge is 0.191 e. The third-order valence-electron chi connectivity index (χ3n) is 4.79. The Labute approximate surface area is 163 Å². The summed E-state index contributed by atoms with van der Waals surface area (Å²) in [5.74, 6) is 1.74. The van der Waals surface area contributed by atoms with Gasteiger partial charge in [-0.25, -0.2) is 0 Å². The molecule has 7 heteroatoms. The van der Waals surface area contributed by atoms with Crippen molar-refractivity contribution in [1.82, 2.24) is 15.8 Å². The van der Waals surface area contributed by atoms with Gasteiger partial charge in [0.15, 0.2) is 5.96 Å². The highest BCUT2D eigenvalue weighted by Gasteiger charge is 2.24. The normalized spacial score (nSPS) is 17.6. The minimum Gasteiger partial charge on any atom is -0.368 e. The first-order chi connectivity index (χ1) is 12.6. The van der Waals surface area contributed by atoms with Crippen LogP contribution in [0.3, 0.4) is 0 Å². The maximum atomic E-state index is 5.22. The Morgan fingerprint density at radius 2 is 2.19 bits per heavy atom. The topological polar surface area (TPSA) is 65.7 Å². The van der Waals surface area contributed by atoms with E-state index in [0.717, 1.165) is 54.4 Å². The number of anilines is 1. The first-order valence-electron chi connectivity index (χ1n) is 8.97. The minimum atomic E-state index is 0.382. The summed E-state index contributed by atoms with van der Waals surface area (Å²) < 4.78 is 6.36. The average molecular weight is 420 g/mol. The molecule has 140 valence electrons. The van der Waals surface area contributed by atoms with Gasteiger partial charge in [-0.1, -0.05) is 17.3 Å². The first kappa shape index (κ1) is 18.8. The van der Waals surface area contributed by atoms with Crippen LogP contribution in [-0.4, -0.2) is 43.8 Å². The molecule has 0 spiro atoms. The molecule has 1 aliphatic rings. The van der Waals surface area contributed by atoms with Crippen molar-refractivity contribution in [2.45, 2.75) is 32.7 Å². The molecule has 1 atom stereocenters. The van der Waals surface area contributed by atoms with Gasteiger partial charge in [-0.05, 0) is 54.8 Å². The van der Waals surface area contributed by atoms with E-state index >= 15 is 0 Å². The summed E-state index contributed by atoms with van der Waals surface area (Å²) in [5, 5.41) is 10.9. The predicted octanol–water partition coefficient (Wildman–Crippen LogP) is 3.04. The van der Waals surface area contributed by atoms with Gasteiger partial charge in [-0.2, -0.15) is 0 Å². The third kappa shape index (κ3) is 4.38. The number of aliphatic imine (C=N–C) groups is 1. The van der Waals surface area contributed by atoms with Crippen LogP contribution in [0.4, 0.5) is 5.69 Å². The highest BCUT2D eigenvalue weighted by atomic mass is 79.9. The van der Waals surface area contributed by atoms with Gasteiger partial charge >= 0.3 is 0 Å². The third-order valence-corrected chi connectivity index (χ3v) is 5.47. The van der Waals surface area contributed by atoms with E-state index < -0.39 is 0 Å². The summed E-state index contributed by atoms with van der Waals surface area (Å²) in [6, 6.07) is 8.75. The number of hydrogen-bond acceptors (Lipinski definition) is 4. The zero-order valence-corrected chi connectivity index (χ0v) is 17.1. The highest BCUT2D eigenvalue weighted by Crippen LogP contribution is 2.28. The number of rotatable bonds is 5. The van der Waals surface area contributed by atoms with E-state index in [9.17, 15) is 0 Å². The maximum Gasteiger partial charge on any atom is 0.191 e. The number of hydrogen-bond donors (Lipinski definition) is 2. The molecule has 1 unspecified atom stereocenters. The molecule has 0 bridgehead atoms. The van der Waals surface area contributed by atoms with Crippen LogP contribution in [0.15, 0.2) is 38.3 Å². The standard InChI is InChI=1S/C19H26BrN5O/c1-13-16(14(2)26-24-13)8-10-22-19(21-3)23-15-9-11-25(12-15)18-7-5-4-6-17(18)20/h4-7,15H,8-12H2,1-3H3,(H2,21,22,23). The number of nitrogens with zero attached hydrogens (tertiary/aromatic N) is 3. The zero-order chi connectivity index (χ0) is 18.5. The van der Waals surface area contributed by atoms with Crippen LogP contribution in [0.25, 0.3) is 0 Å². The molecular formula is C19H26BrN5O. The van der Waals surface area contributed by atoms with Crippen LogP contribution in [-0.2, 0) is 6.42 Å². The summed E-state index contributed by atoms with van der Waals surface area (Å²) in [6.45, 7) is 6.73. The van der Waals surface area contributed by atoms with E-state index in [-0.39, 0.29) is 0 Å². The molecule has 1 fully saturated rings. The quantitative estimate of drug-likeness (QED) is 0.575. The molecule has 1 aromatic carbocycles. The minimum absolute atomic E-state index is 0.382. The van der Waals surface area contributed by atoms with Gasteiger partial charge < -0.3 is 20.1 Å². The molecular weight excluding hydrogens is 394 g/mol. The molecule has 2 heterocycles. The van der Waals surface area contributed by atoms with Gasteiger partial charge in [-0.15, -0.1) is 0 Å². The highest BCUT2D eigenvalue weighted by molar-refractivity contribution is 9.10. The number of aryl methyl sites for hydroxylation is 2. The zero-order valence-electron chi connectivity index (χ0n) is 15.6. The lowest BCUT2D eigenvalue weighted by Crippen LogP contribution is -2.45. The van der Waals surface area contributed by atoms with Gasteiger partial charge in [-0.3, -0.25) is 4.99 Å². The van der Waals surface area contributed by atoms with Gasteiger partial charge in [0.25, 0.3) is 0 Å². The van der Waals surface area contributed by atoms with Crippen molar-refractivity contribution in [3.8, 4) is 0 Å². The molecule has 2 aromatic rings. The molecule has 0 radical (unpaired) electrons. The second kappa shape index (κ2) is 8.58. The second-order valence-corrected chi connectivity index (χ2v) is 7.43. The summed E-state index contributed by atoms with van der Waals surface area (Å²) >= 11 is 3.64. The van der Waals surface area contributed by atoms with Gasteiger partial charge in [0.2, 0.25) is 0 Å². The molecule has 1 aromatic heterocycles. The van der Waals surface area contributed by atoms with Crippen LogP contribution in [0, 0.1) is 13.8 Å². The molecule has 26 heavy (non-hydrogen) atoms. The maximum absolute atomic E-state index is 5.22. The fourth-order valence-corrected chi connectivity index (χ4v) is 3.89. The Kier molecular flexibility index (Phi) is 6.19. The van der Waals surface area contributed by atoms with Crippen molar-refractivity contribution in [2.24, 2.45) is 4.99 Å². The fourth-order valence-electron chi connectivity index (χ4n) is 3.36. The monoisotopic (exact) mass is 419 g/mol. The van der Waals surface area contributed by atoms with Crippen molar-refractivity contribution in [2.75, 3.05) is 31.6 Å². The van der Waals surface area contributed by atoms with Crippen molar-refractivity contribution in [3.05, 3.63) is 45.8 Å². The lowest BCUT2D eigenvalue weighted by atomic mass is 10.1. The van der Waals surface area contributed by atoms with E-state index in [2.05, 4.69) is 59.8 Å². The second-order valence-electron chi connectivity index (χ2n) is 6.58. The summed E-state index contributed by atoms with van der Waals surface area (Å²) in [7, 11) is 1.81. The van der Waals surface area contributed by atoms with E-state index in [1.54, 1.807) is 0 Å². The van der Waals surface area contributed by atoms with Gasteiger partial charge in [0.1, 0.15) is 5.76 Å². The van der Waals surface area contributed by atoms with Crippen LogP contribution in [0.2, 0.25) is 0 Å². The molecule has 2 N–H and O–H groups in total. The van der Waals surface area contributed by atoms with Crippen molar-refractivity contribution in [3.63, 3.8) is 0 Å². The molecule has 3 rings (SSSR count). The number of guanidine groups is 1.